The molecule has 1 nitrogen and oxygen atoms in total. The summed E-state index contributed by atoms with van der Waals surface area (Å²) in [7, 11) is 0. The van der Waals surface area contributed by atoms with Gasteiger partial charge in [-0.3, -0.25) is 0 Å². The minimum absolute atomic E-state index is 0.716. The third kappa shape index (κ3) is 2.54. The van der Waals surface area contributed by atoms with E-state index in [2.05, 4.69) is 63.8 Å². The summed E-state index contributed by atoms with van der Waals surface area (Å²) in [4.78, 5) is 2.82. The smallest absolute Gasteiger partial charge is 0.0938 e. The van der Waals surface area contributed by atoms with E-state index in [1.807, 2.05) is 22.7 Å². The van der Waals surface area contributed by atoms with Crippen molar-refractivity contribution in [2.75, 3.05) is 0 Å². The molecule has 112 valence electrons. The van der Waals surface area contributed by atoms with Crippen LogP contribution in [0.4, 0.5) is 0 Å². The fourth-order valence-electron chi connectivity index (χ4n) is 2.65. The lowest BCUT2D eigenvalue weighted by Gasteiger charge is -2.01. The Morgan fingerprint density at radius 1 is 1.14 bits per heavy atom. The highest BCUT2D eigenvalue weighted by Crippen LogP contribution is 2.42. The lowest BCUT2D eigenvalue weighted by Crippen LogP contribution is -1.89. The van der Waals surface area contributed by atoms with E-state index >= 15 is 0 Å². The summed E-state index contributed by atoms with van der Waals surface area (Å²) in [5, 5.41) is 3.32. The summed E-state index contributed by atoms with van der Waals surface area (Å²) in [6.07, 6.45) is 1.18. The molecule has 0 aliphatic carbocycles. The van der Waals surface area contributed by atoms with Gasteiger partial charge in [0.15, 0.2) is 0 Å². The number of hydrogen-bond acceptors (Lipinski definition) is 4. The Morgan fingerprint density at radius 2 is 1.95 bits per heavy atom. The predicted molar refractivity (Wildman–Crippen MR) is 105 cm³/mol. The fraction of sp³-hybridized carbons (Fsp3) is 0.235. The molecule has 0 fully saturated rings. The highest BCUT2D eigenvalue weighted by Gasteiger charge is 2.13. The van der Waals surface area contributed by atoms with Gasteiger partial charge in [0.25, 0.3) is 0 Å². The van der Waals surface area contributed by atoms with Gasteiger partial charge in [-0.2, -0.15) is 4.37 Å². The van der Waals surface area contributed by atoms with Crippen LogP contribution < -0.4 is 0 Å². The number of benzene rings is 1. The van der Waals surface area contributed by atoms with Gasteiger partial charge < -0.3 is 0 Å². The molecular formula is C17H14BrNS3. The van der Waals surface area contributed by atoms with Crippen molar-refractivity contribution in [3.8, 4) is 10.4 Å². The van der Waals surface area contributed by atoms with Crippen molar-refractivity contribution in [1.82, 2.24) is 4.37 Å². The first-order valence-corrected chi connectivity index (χ1v) is 10.4. The Morgan fingerprint density at radius 3 is 2.73 bits per heavy atom. The van der Waals surface area contributed by atoms with Gasteiger partial charge in [-0.25, -0.2) is 0 Å². The van der Waals surface area contributed by atoms with E-state index in [-0.39, 0.29) is 0 Å². The SMILES string of the molecule is CC(C)Cc1cc2sc(-c3ccc(Br)c4csnc34)cc2s1. The summed E-state index contributed by atoms with van der Waals surface area (Å²) < 4.78 is 8.52. The molecule has 0 radical (unpaired) electrons. The first-order valence-electron chi connectivity index (χ1n) is 7.17. The molecule has 0 saturated heterocycles. The zero-order valence-corrected chi connectivity index (χ0v) is 16.3. The molecule has 0 spiro atoms. The first kappa shape index (κ1) is 14.8. The van der Waals surface area contributed by atoms with Gasteiger partial charge in [0.05, 0.1) is 5.52 Å². The van der Waals surface area contributed by atoms with Crippen LogP contribution in [0.25, 0.3) is 30.7 Å². The minimum atomic E-state index is 0.716. The lowest BCUT2D eigenvalue weighted by atomic mass is 10.1. The van der Waals surface area contributed by atoms with Gasteiger partial charge in [-0.1, -0.05) is 35.8 Å². The van der Waals surface area contributed by atoms with Crippen molar-refractivity contribution < 1.29 is 0 Å². The minimum Gasteiger partial charge on any atom is -0.192 e. The first-order chi connectivity index (χ1) is 10.6. The van der Waals surface area contributed by atoms with Crippen molar-refractivity contribution in [1.29, 1.82) is 0 Å². The second-order valence-electron chi connectivity index (χ2n) is 5.82. The Balaban J connectivity index is 1.81. The van der Waals surface area contributed by atoms with Gasteiger partial charge in [-0.15, -0.1) is 22.7 Å². The van der Waals surface area contributed by atoms with Gasteiger partial charge in [-0.05, 0) is 42.1 Å². The number of hydrogen-bond donors (Lipinski definition) is 0. The van der Waals surface area contributed by atoms with E-state index in [0.717, 1.165) is 9.99 Å². The Labute approximate surface area is 149 Å². The van der Waals surface area contributed by atoms with Gasteiger partial charge in [0.1, 0.15) is 0 Å². The van der Waals surface area contributed by atoms with Crippen molar-refractivity contribution >= 4 is 70.4 Å². The molecule has 4 aromatic rings. The van der Waals surface area contributed by atoms with Crippen LogP contribution >= 0.6 is 50.1 Å². The fourth-order valence-corrected chi connectivity index (χ4v) is 6.59. The number of nitrogens with zero attached hydrogens (tertiary/aromatic N) is 1. The third-order valence-corrected chi connectivity index (χ3v) is 7.28. The monoisotopic (exact) mass is 407 g/mol. The number of thiophene rings is 2. The van der Waals surface area contributed by atoms with Crippen molar-refractivity contribution in [3.05, 3.63) is 39.0 Å². The number of rotatable bonds is 3. The van der Waals surface area contributed by atoms with E-state index in [9.17, 15) is 0 Å². The Kier molecular flexibility index (Phi) is 3.85. The molecule has 0 aliphatic heterocycles. The van der Waals surface area contributed by atoms with Crippen molar-refractivity contribution in [2.24, 2.45) is 5.92 Å². The second-order valence-corrected chi connectivity index (χ2v) is 9.56. The van der Waals surface area contributed by atoms with Gasteiger partial charge in [0.2, 0.25) is 0 Å². The van der Waals surface area contributed by atoms with Crippen LogP contribution in [0.3, 0.4) is 0 Å². The molecule has 3 aromatic heterocycles. The van der Waals surface area contributed by atoms with Gasteiger partial charge >= 0.3 is 0 Å². The summed E-state index contributed by atoms with van der Waals surface area (Å²) in [5.41, 5.74) is 2.36. The van der Waals surface area contributed by atoms with Crippen LogP contribution in [0, 0.1) is 5.92 Å². The van der Waals surface area contributed by atoms with Crippen LogP contribution in [0.2, 0.25) is 0 Å². The highest BCUT2D eigenvalue weighted by atomic mass is 79.9. The third-order valence-electron chi connectivity index (χ3n) is 3.61. The van der Waals surface area contributed by atoms with Crippen LogP contribution in [-0.2, 0) is 6.42 Å². The molecule has 4 rings (SSSR count). The number of halogens is 1. The molecule has 0 saturated carbocycles. The second kappa shape index (κ2) is 5.71. The molecule has 0 amide bonds. The Bertz CT molecular complexity index is 929. The maximum atomic E-state index is 4.59. The molecule has 0 N–H and O–H groups in total. The average molecular weight is 408 g/mol. The molecule has 0 aliphatic rings. The lowest BCUT2D eigenvalue weighted by molar-refractivity contribution is 0.654. The molecule has 5 heteroatoms. The van der Waals surface area contributed by atoms with E-state index in [1.165, 1.54) is 48.1 Å². The molecule has 0 bridgehead atoms. The molecule has 0 unspecified atom stereocenters. The van der Waals surface area contributed by atoms with E-state index in [4.69, 9.17) is 0 Å². The molecule has 3 heterocycles. The van der Waals surface area contributed by atoms with Crippen LogP contribution in [-0.4, -0.2) is 4.37 Å². The maximum Gasteiger partial charge on any atom is 0.0938 e. The number of aromatic nitrogens is 1. The van der Waals surface area contributed by atoms with Gasteiger partial charge in [0, 0.05) is 40.0 Å². The largest absolute Gasteiger partial charge is 0.192 e. The van der Waals surface area contributed by atoms with E-state index in [1.54, 1.807) is 0 Å². The standard InChI is InChI=1S/C17H14BrNS3/c1-9(2)5-10-6-15-16(21-10)7-14(22-15)11-3-4-13(18)12-8-20-19-17(11)12/h3-4,6-9H,5H2,1-2H3. The summed E-state index contributed by atoms with van der Waals surface area (Å²) >= 11 is 8.95. The maximum absolute atomic E-state index is 4.59. The molecule has 0 atom stereocenters. The molecule has 1 aromatic carbocycles. The zero-order chi connectivity index (χ0) is 15.3. The summed E-state index contributed by atoms with van der Waals surface area (Å²) in [5.74, 6) is 0.716. The highest BCUT2D eigenvalue weighted by molar-refractivity contribution is 9.10. The van der Waals surface area contributed by atoms with Crippen LogP contribution in [0.5, 0.6) is 0 Å². The average Bonchev–Trinajstić information content (AvgIpc) is 3.12. The number of fused-ring (bicyclic) bond motifs is 2. The van der Waals surface area contributed by atoms with Crippen LogP contribution in [0.15, 0.2) is 34.1 Å². The topological polar surface area (TPSA) is 12.9 Å². The summed E-state index contributed by atoms with van der Waals surface area (Å²) in [6, 6.07) is 9.00. The molecule has 22 heavy (non-hydrogen) atoms. The predicted octanol–water partition coefficient (Wildman–Crippen LogP) is 7.20. The van der Waals surface area contributed by atoms with Crippen molar-refractivity contribution in [3.63, 3.8) is 0 Å². The van der Waals surface area contributed by atoms with Crippen molar-refractivity contribution in [2.45, 2.75) is 20.3 Å². The van der Waals surface area contributed by atoms with E-state index in [0.29, 0.717) is 5.92 Å². The van der Waals surface area contributed by atoms with Crippen LogP contribution in [0.1, 0.15) is 18.7 Å². The zero-order valence-electron chi connectivity index (χ0n) is 12.2. The normalized spacial score (nSPS) is 12.0. The summed E-state index contributed by atoms with van der Waals surface area (Å²) in [6.45, 7) is 4.56. The quantitative estimate of drug-likeness (QED) is 0.349. The molecular weight excluding hydrogens is 394 g/mol. The van der Waals surface area contributed by atoms with E-state index < -0.39 is 0 Å². The Hall–Kier alpha value is -0.750.